The van der Waals surface area contributed by atoms with Crippen LogP contribution in [0.3, 0.4) is 0 Å². The summed E-state index contributed by atoms with van der Waals surface area (Å²) in [5.74, 6) is 0.0375. The highest BCUT2D eigenvalue weighted by Crippen LogP contribution is 2.42. The normalized spacial score (nSPS) is 11.5. The minimum Gasteiger partial charge on any atom is -0.404 e. The highest BCUT2D eigenvalue weighted by Gasteiger charge is 2.18. The van der Waals surface area contributed by atoms with Gasteiger partial charge in [0.05, 0.1) is 17.2 Å². The van der Waals surface area contributed by atoms with E-state index >= 15 is 0 Å². The van der Waals surface area contributed by atoms with E-state index in [1.54, 1.807) is 36.4 Å². The van der Waals surface area contributed by atoms with Crippen LogP contribution in [0.5, 0.6) is 5.75 Å². The maximum Gasteiger partial charge on any atom is 0.524 e. The van der Waals surface area contributed by atoms with Crippen LogP contribution in [0.2, 0.25) is 0 Å². The van der Waals surface area contributed by atoms with Crippen molar-refractivity contribution in [1.29, 1.82) is 0 Å². The molecule has 0 bridgehead atoms. The Morgan fingerprint density at radius 1 is 1.14 bits per heavy atom. The van der Waals surface area contributed by atoms with E-state index in [2.05, 4.69) is 9.97 Å². The van der Waals surface area contributed by atoms with Crippen molar-refractivity contribution in [2.24, 2.45) is 0 Å². The van der Waals surface area contributed by atoms with Crippen molar-refractivity contribution in [3.8, 4) is 16.9 Å². The molecule has 0 spiro atoms. The molecule has 0 atom stereocenters. The van der Waals surface area contributed by atoms with Gasteiger partial charge in [-0.15, -0.1) is 0 Å². The first-order valence-corrected chi connectivity index (χ1v) is 7.79. The number of nitrogens with zero attached hydrogens (tertiary/aromatic N) is 1. The number of aromatic amines is 1. The van der Waals surface area contributed by atoms with E-state index in [9.17, 15) is 9.36 Å². The molecule has 22 heavy (non-hydrogen) atoms. The first-order valence-electron chi connectivity index (χ1n) is 6.26. The van der Waals surface area contributed by atoms with Crippen LogP contribution < -0.4 is 10.1 Å². The van der Waals surface area contributed by atoms with Gasteiger partial charge < -0.3 is 9.51 Å². The molecule has 3 N–H and O–H groups in total. The number of rotatable bonds is 3. The van der Waals surface area contributed by atoms with Gasteiger partial charge >= 0.3 is 7.82 Å². The molecule has 0 aliphatic heterocycles. The van der Waals surface area contributed by atoms with Gasteiger partial charge in [-0.25, -0.2) is 9.55 Å². The van der Waals surface area contributed by atoms with Gasteiger partial charge in [-0.1, -0.05) is 24.3 Å². The third-order valence-corrected chi connectivity index (χ3v) is 3.49. The van der Waals surface area contributed by atoms with Crippen LogP contribution in [0.4, 0.5) is 0 Å². The molecule has 3 aromatic rings. The second-order valence-corrected chi connectivity index (χ2v) is 5.71. The van der Waals surface area contributed by atoms with Crippen LogP contribution in [0, 0.1) is 0 Å². The zero-order valence-electron chi connectivity index (χ0n) is 11.1. The molecule has 0 unspecified atom stereocenters. The third-order valence-electron chi connectivity index (χ3n) is 3.06. The van der Waals surface area contributed by atoms with Crippen molar-refractivity contribution in [1.82, 2.24) is 9.97 Å². The molecule has 112 valence electrons. The Kier molecular flexibility index (Phi) is 3.54. The van der Waals surface area contributed by atoms with Gasteiger partial charge in [0.25, 0.3) is 5.56 Å². The monoisotopic (exact) mass is 318 g/mol. The smallest absolute Gasteiger partial charge is 0.404 e. The first-order chi connectivity index (χ1) is 10.4. The second kappa shape index (κ2) is 5.38. The number of aromatic nitrogens is 2. The van der Waals surface area contributed by atoms with E-state index in [-0.39, 0.29) is 11.3 Å². The Morgan fingerprint density at radius 3 is 2.68 bits per heavy atom. The molecule has 1 aromatic heterocycles. The fourth-order valence-corrected chi connectivity index (χ4v) is 2.56. The molecular weight excluding hydrogens is 307 g/mol. The molecule has 0 saturated heterocycles. The SMILES string of the molecule is O=c1[nH]cnc2ccc(-c3ccccc3OP(=O)(O)O)cc12. The number of para-hydroxylation sites is 1. The lowest BCUT2D eigenvalue weighted by Crippen LogP contribution is -2.06. The highest BCUT2D eigenvalue weighted by molar-refractivity contribution is 7.46. The largest absolute Gasteiger partial charge is 0.524 e. The molecule has 0 aliphatic rings. The van der Waals surface area contributed by atoms with Crippen molar-refractivity contribution in [3.05, 3.63) is 59.1 Å². The van der Waals surface area contributed by atoms with Crippen molar-refractivity contribution >= 4 is 18.7 Å². The summed E-state index contributed by atoms with van der Waals surface area (Å²) in [7, 11) is -4.67. The summed E-state index contributed by atoms with van der Waals surface area (Å²) in [6.07, 6.45) is 1.31. The summed E-state index contributed by atoms with van der Waals surface area (Å²) in [4.78, 5) is 36.3. The predicted octanol–water partition coefficient (Wildman–Crippen LogP) is 2.06. The summed E-state index contributed by atoms with van der Waals surface area (Å²) in [5.41, 5.74) is 1.30. The Bertz CT molecular complexity index is 947. The molecule has 0 radical (unpaired) electrons. The molecule has 0 aliphatic carbocycles. The van der Waals surface area contributed by atoms with Crippen molar-refractivity contribution in [3.63, 3.8) is 0 Å². The summed E-state index contributed by atoms with van der Waals surface area (Å²) < 4.78 is 15.8. The average molecular weight is 318 g/mol. The van der Waals surface area contributed by atoms with Crippen LogP contribution >= 0.6 is 7.82 Å². The standard InChI is InChI=1S/C14H11N2O5P/c17-14-11-7-9(5-6-12(11)15-8-16-14)10-3-1-2-4-13(10)21-22(18,19)20/h1-8H,(H,15,16,17)(H2,18,19,20). The number of H-pyrrole nitrogens is 1. The molecule has 1 heterocycles. The third kappa shape index (κ3) is 2.92. The maximum atomic E-state index is 11.8. The average Bonchev–Trinajstić information content (AvgIpc) is 2.46. The van der Waals surface area contributed by atoms with E-state index in [1.807, 2.05) is 0 Å². The lowest BCUT2D eigenvalue weighted by molar-refractivity contribution is 0.283. The van der Waals surface area contributed by atoms with E-state index < -0.39 is 7.82 Å². The molecule has 0 amide bonds. The number of phosphoric ester groups is 1. The summed E-state index contributed by atoms with van der Waals surface area (Å²) in [6.45, 7) is 0. The van der Waals surface area contributed by atoms with Gasteiger partial charge in [0.15, 0.2) is 0 Å². The molecule has 8 heteroatoms. The quantitative estimate of drug-likeness (QED) is 0.637. The van der Waals surface area contributed by atoms with Crippen LogP contribution in [0.1, 0.15) is 0 Å². The number of hydrogen-bond acceptors (Lipinski definition) is 4. The van der Waals surface area contributed by atoms with Gasteiger partial charge in [0, 0.05) is 5.56 Å². The van der Waals surface area contributed by atoms with E-state index in [4.69, 9.17) is 14.3 Å². The fraction of sp³-hybridized carbons (Fsp3) is 0. The van der Waals surface area contributed by atoms with Crippen LogP contribution in [-0.4, -0.2) is 19.8 Å². The summed E-state index contributed by atoms with van der Waals surface area (Å²) in [5, 5.41) is 0.381. The van der Waals surface area contributed by atoms with Gasteiger partial charge in [-0.3, -0.25) is 14.6 Å². The highest BCUT2D eigenvalue weighted by atomic mass is 31.2. The minimum atomic E-state index is -4.67. The van der Waals surface area contributed by atoms with Gasteiger partial charge in [-0.05, 0) is 23.8 Å². The number of fused-ring (bicyclic) bond motifs is 1. The lowest BCUT2D eigenvalue weighted by Gasteiger charge is -2.12. The zero-order chi connectivity index (χ0) is 15.7. The molecular formula is C14H11N2O5P. The second-order valence-electron chi connectivity index (χ2n) is 4.54. The van der Waals surface area contributed by atoms with Gasteiger partial charge in [0.2, 0.25) is 0 Å². The Hall–Kier alpha value is -2.47. The molecule has 2 aromatic carbocycles. The van der Waals surface area contributed by atoms with Gasteiger partial charge in [0.1, 0.15) is 5.75 Å². The minimum absolute atomic E-state index is 0.0375. The molecule has 7 nitrogen and oxygen atoms in total. The summed E-state index contributed by atoms with van der Waals surface area (Å²) in [6, 6.07) is 11.4. The van der Waals surface area contributed by atoms with Crippen molar-refractivity contribution in [2.75, 3.05) is 0 Å². The Morgan fingerprint density at radius 2 is 1.91 bits per heavy atom. The van der Waals surface area contributed by atoms with E-state index in [0.717, 1.165) is 0 Å². The van der Waals surface area contributed by atoms with Crippen molar-refractivity contribution < 1.29 is 18.9 Å². The Labute approximate surface area is 124 Å². The lowest BCUT2D eigenvalue weighted by atomic mass is 10.0. The van der Waals surface area contributed by atoms with Gasteiger partial charge in [-0.2, -0.15) is 0 Å². The first kappa shape index (κ1) is 14.5. The molecule has 3 rings (SSSR count). The van der Waals surface area contributed by atoms with Crippen LogP contribution in [0.15, 0.2) is 53.6 Å². The number of phosphoric acid groups is 1. The van der Waals surface area contributed by atoms with Crippen LogP contribution in [-0.2, 0) is 4.57 Å². The molecule has 0 fully saturated rings. The zero-order valence-corrected chi connectivity index (χ0v) is 12.0. The number of benzene rings is 2. The van der Waals surface area contributed by atoms with Crippen LogP contribution in [0.25, 0.3) is 22.0 Å². The van der Waals surface area contributed by atoms with E-state index in [0.29, 0.717) is 22.0 Å². The molecule has 0 saturated carbocycles. The van der Waals surface area contributed by atoms with E-state index in [1.165, 1.54) is 12.4 Å². The topological polar surface area (TPSA) is 113 Å². The Balaban J connectivity index is 2.18. The number of nitrogens with one attached hydrogen (secondary N) is 1. The summed E-state index contributed by atoms with van der Waals surface area (Å²) >= 11 is 0. The number of hydrogen-bond donors (Lipinski definition) is 3. The maximum absolute atomic E-state index is 11.8. The predicted molar refractivity (Wildman–Crippen MR) is 80.5 cm³/mol. The fourth-order valence-electron chi connectivity index (χ4n) is 2.15. The van der Waals surface area contributed by atoms with Crippen molar-refractivity contribution in [2.45, 2.75) is 0 Å².